The minimum atomic E-state index is -0.494. The van der Waals surface area contributed by atoms with Crippen LogP contribution in [0.4, 0.5) is 17.1 Å². The summed E-state index contributed by atoms with van der Waals surface area (Å²) in [7, 11) is 0. The van der Waals surface area contributed by atoms with Gasteiger partial charge in [0, 0.05) is 33.4 Å². The maximum atomic E-state index is 2.49. The molecule has 0 saturated carbocycles. The van der Waals surface area contributed by atoms with E-state index in [9.17, 15) is 0 Å². The maximum absolute atomic E-state index is 2.49. The minimum absolute atomic E-state index is 0.494. The molecule has 2 heteroatoms. The first-order valence-electron chi connectivity index (χ1n) is 21.8. The first kappa shape index (κ1) is 36.6. The van der Waals surface area contributed by atoms with Crippen molar-refractivity contribution in [3.63, 3.8) is 0 Å². The number of hydrogen-bond donors (Lipinski definition) is 0. The summed E-state index contributed by atoms with van der Waals surface area (Å²) in [6.45, 7) is 0. The summed E-state index contributed by atoms with van der Waals surface area (Å²) in [5, 5.41) is 2.46. The summed E-state index contributed by atoms with van der Waals surface area (Å²) < 4.78 is 2.49. The molecule has 1 heterocycles. The predicted molar refractivity (Wildman–Crippen MR) is 264 cm³/mol. The number of anilines is 3. The summed E-state index contributed by atoms with van der Waals surface area (Å²) in [5.74, 6) is 0. The van der Waals surface area contributed by atoms with Gasteiger partial charge in [0.1, 0.15) is 0 Å². The fourth-order valence-electron chi connectivity index (χ4n) is 10.4. The lowest BCUT2D eigenvalue weighted by molar-refractivity contribution is 0.767. The van der Waals surface area contributed by atoms with E-state index in [1.807, 2.05) is 0 Å². The van der Waals surface area contributed by atoms with Crippen molar-refractivity contribution in [2.24, 2.45) is 0 Å². The average molecular weight is 803 g/mol. The van der Waals surface area contributed by atoms with Crippen LogP contribution in [-0.4, -0.2) is 4.57 Å². The molecule has 0 spiro atoms. The SMILES string of the molecule is c1ccc(-c2cccc(N(c3ccccc3)c3ccccc3-c3ccc4c5ccccc5n(-c5ccc6c(c5)C(c5ccccc5)(c5ccccc5)c5ccccc5-6)c4c3)c2)cc1. The number of aromatic nitrogens is 1. The van der Waals surface area contributed by atoms with E-state index >= 15 is 0 Å². The number of nitrogens with zero attached hydrogens (tertiary/aromatic N) is 2. The Morgan fingerprint density at radius 2 is 0.889 bits per heavy atom. The Morgan fingerprint density at radius 1 is 0.317 bits per heavy atom. The second-order valence-electron chi connectivity index (χ2n) is 16.4. The first-order valence-corrected chi connectivity index (χ1v) is 21.8. The van der Waals surface area contributed by atoms with E-state index < -0.39 is 5.41 Å². The quantitative estimate of drug-likeness (QED) is 0.149. The normalized spacial score (nSPS) is 12.6. The number of benzene rings is 10. The monoisotopic (exact) mass is 802 g/mol. The average Bonchev–Trinajstić information content (AvgIpc) is 3.85. The lowest BCUT2D eigenvalue weighted by Gasteiger charge is -2.34. The van der Waals surface area contributed by atoms with Gasteiger partial charge in [-0.1, -0.05) is 200 Å². The van der Waals surface area contributed by atoms with Gasteiger partial charge >= 0.3 is 0 Å². The van der Waals surface area contributed by atoms with Crippen LogP contribution in [0.1, 0.15) is 22.3 Å². The summed E-state index contributed by atoms with van der Waals surface area (Å²) >= 11 is 0. The zero-order chi connectivity index (χ0) is 41.7. The highest BCUT2D eigenvalue weighted by molar-refractivity contribution is 6.10. The summed E-state index contributed by atoms with van der Waals surface area (Å²) in [5.41, 5.74) is 18.7. The van der Waals surface area contributed by atoms with Crippen molar-refractivity contribution in [3.8, 4) is 39.1 Å². The van der Waals surface area contributed by atoms with Gasteiger partial charge in [-0.3, -0.25) is 0 Å². The van der Waals surface area contributed by atoms with Crippen LogP contribution in [0.25, 0.3) is 60.9 Å². The Morgan fingerprint density at radius 3 is 1.65 bits per heavy atom. The van der Waals surface area contributed by atoms with Crippen molar-refractivity contribution in [2.45, 2.75) is 5.41 Å². The van der Waals surface area contributed by atoms with Gasteiger partial charge < -0.3 is 9.47 Å². The van der Waals surface area contributed by atoms with Crippen LogP contribution in [0.5, 0.6) is 0 Å². The molecule has 12 rings (SSSR count). The third-order valence-electron chi connectivity index (χ3n) is 13.1. The van der Waals surface area contributed by atoms with Gasteiger partial charge in [-0.05, 0) is 105 Å². The molecule has 0 amide bonds. The molecule has 0 saturated heterocycles. The molecule has 1 aromatic heterocycles. The molecule has 10 aromatic carbocycles. The van der Waals surface area contributed by atoms with Crippen LogP contribution in [0.2, 0.25) is 0 Å². The molecule has 0 unspecified atom stereocenters. The molecule has 1 aliphatic rings. The second kappa shape index (κ2) is 15.1. The number of para-hydroxylation sites is 3. The van der Waals surface area contributed by atoms with Crippen LogP contribution >= 0.6 is 0 Å². The van der Waals surface area contributed by atoms with Crippen molar-refractivity contribution in [1.82, 2.24) is 4.57 Å². The summed E-state index contributed by atoms with van der Waals surface area (Å²) in [4.78, 5) is 2.40. The molecule has 0 aliphatic heterocycles. The van der Waals surface area contributed by atoms with Crippen molar-refractivity contribution in [1.29, 1.82) is 0 Å². The van der Waals surface area contributed by atoms with Gasteiger partial charge in [0.05, 0.1) is 22.1 Å². The standard InChI is InChI=1S/C61H42N2/c1-5-20-43(21-6-1)44-22-19-29-49(40-44)62(48-27-11-4-12-28-48)58-34-17-14-30-51(58)45-36-38-55-54-32-15-18-35-59(54)63(60(55)41-45)50-37-39-53-52-31-13-16-33-56(52)61(57(53)42-50,46-23-7-2-8-24-46)47-25-9-3-10-26-47/h1-42H. The molecule has 2 nitrogen and oxygen atoms in total. The molecule has 1 aliphatic carbocycles. The number of hydrogen-bond acceptors (Lipinski definition) is 1. The molecule has 0 radical (unpaired) electrons. The second-order valence-corrected chi connectivity index (χ2v) is 16.4. The molecule has 0 N–H and O–H groups in total. The van der Waals surface area contributed by atoms with Gasteiger partial charge in [-0.25, -0.2) is 0 Å². The van der Waals surface area contributed by atoms with E-state index in [1.165, 1.54) is 66.3 Å². The highest BCUT2D eigenvalue weighted by Crippen LogP contribution is 2.56. The number of fused-ring (bicyclic) bond motifs is 6. The van der Waals surface area contributed by atoms with Crippen molar-refractivity contribution >= 4 is 38.9 Å². The molecular weight excluding hydrogens is 761 g/mol. The zero-order valence-electron chi connectivity index (χ0n) is 34.6. The third-order valence-corrected chi connectivity index (χ3v) is 13.1. The fourth-order valence-corrected chi connectivity index (χ4v) is 10.4. The van der Waals surface area contributed by atoms with Crippen LogP contribution in [0, 0.1) is 0 Å². The molecule has 0 fully saturated rings. The first-order chi connectivity index (χ1) is 31.3. The van der Waals surface area contributed by atoms with Gasteiger partial charge in [-0.2, -0.15) is 0 Å². The van der Waals surface area contributed by atoms with Gasteiger partial charge in [0.2, 0.25) is 0 Å². The smallest absolute Gasteiger partial charge is 0.0714 e. The number of rotatable bonds is 8. The molecule has 0 atom stereocenters. The molecule has 0 bridgehead atoms. The van der Waals surface area contributed by atoms with E-state index in [2.05, 4.69) is 264 Å². The van der Waals surface area contributed by atoms with E-state index in [0.29, 0.717) is 0 Å². The lowest BCUT2D eigenvalue weighted by atomic mass is 9.67. The Balaban J connectivity index is 1.07. The largest absolute Gasteiger partial charge is 0.310 e. The van der Waals surface area contributed by atoms with E-state index in [-0.39, 0.29) is 0 Å². The Hall–Kier alpha value is -8.20. The van der Waals surface area contributed by atoms with Crippen molar-refractivity contribution in [2.75, 3.05) is 4.90 Å². The van der Waals surface area contributed by atoms with Gasteiger partial charge in [-0.15, -0.1) is 0 Å². The van der Waals surface area contributed by atoms with Crippen LogP contribution < -0.4 is 4.90 Å². The zero-order valence-corrected chi connectivity index (χ0v) is 34.6. The highest BCUT2D eigenvalue weighted by atomic mass is 15.1. The van der Waals surface area contributed by atoms with Gasteiger partial charge in [0.25, 0.3) is 0 Å². The van der Waals surface area contributed by atoms with Gasteiger partial charge in [0.15, 0.2) is 0 Å². The lowest BCUT2D eigenvalue weighted by Crippen LogP contribution is -2.28. The maximum Gasteiger partial charge on any atom is 0.0714 e. The fraction of sp³-hybridized carbons (Fsp3) is 0.0164. The van der Waals surface area contributed by atoms with Crippen molar-refractivity contribution < 1.29 is 0 Å². The van der Waals surface area contributed by atoms with Crippen LogP contribution in [0.3, 0.4) is 0 Å². The highest BCUT2D eigenvalue weighted by Gasteiger charge is 2.46. The summed E-state index contributed by atoms with van der Waals surface area (Å²) in [6, 6.07) is 93.2. The Kier molecular flexibility index (Phi) is 8.76. The minimum Gasteiger partial charge on any atom is -0.310 e. The van der Waals surface area contributed by atoms with E-state index in [0.717, 1.165) is 33.9 Å². The molecule has 296 valence electrons. The topological polar surface area (TPSA) is 8.17 Å². The molecule has 11 aromatic rings. The Labute approximate surface area is 368 Å². The Bertz CT molecular complexity index is 3400. The van der Waals surface area contributed by atoms with Crippen molar-refractivity contribution in [3.05, 3.63) is 277 Å². The van der Waals surface area contributed by atoms with E-state index in [1.54, 1.807) is 0 Å². The molecular formula is C61H42N2. The summed E-state index contributed by atoms with van der Waals surface area (Å²) in [6.07, 6.45) is 0. The van der Waals surface area contributed by atoms with Crippen LogP contribution in [0.15, 0.2) is 255 Å². The predicted octanol–water partition coefficient (Wildman–Crippen LogP) is 16.0. The van der Waals surface area contributed by atoms with Crippen LogP contribution in [-0.2, 0) is 5.41 Å². The van der Waals surface area contributed by atoms with E-state index in [4.69, 9.17) is 0 Å². The third kappa shape index (κ3) is 5.87. The molecule has 63 heavy (non-hydrogen) atoms.